The first-order valence-corrected chi connectivity index (χ1v) is 7.16. The van der Waals surface area contributed by atoms with Gasteiger partial charge in [0.15, 0.2) is 0 Å². The van der Waals surface area contributed by atoms with Gasteiger partial charge in [0, 0.05) is 25.0 Å². The normalized spacial score (nSPS) is 17.9. The molecule has 0 aliphatic carbocycles. The largest absolute Gasteiger partial charge is 0.297 e. The molecule has 94 valence electrons. The molecule has 1 aliphatic heterocycles. The third-order valence-corrected chi connectivity index (χ3v) is 4.48. The van der Waals surface area contributed by atoms with Crippen molar-refractivity contribution >= 4 is 16.9 Å². The molecule has 17 heavy (non-hydrogen) atoms. The maximum atomic E-state index is 4.31. The smallest absolute Gasteiger partial charge is 0.143 e. The standard InChI is InChI=1S/C13H21N3S/c1-9(2)12-14-15-13(17-12)11-5-7-16(8-6-11)10(3)4/h5,9-10H,6-8H2,1-4H3. The molecule has 0 spiro atoms. The van der Waals surface area contributed by atoms with Gasteiger partial charge in [-0.05, 0) is 25.8 Å². The van der Waals surface area contributed by atoms with E-state index in [1.54, 1.807) is 11.3 Å². The molecule has 0 amide bonds. The Morgan fingerprint density at radius 2 is 2.00 bits per heavy atom. The first kappa shape index (κ1) is 12.7. The second kappa shape index (κ2) is 5.27. The zero-order valence-corrected chi connectivity index (χ0v) is 11.9. The molecule has 0 fully saturated rings. The summed E-state index contributed by atoms with van der Waals surface area (Å²) in [5.74, 6) is 0.484. The first-order chi connectivity index (χ1) is 8.08. The molecule has 2 heterocycles. The van der Waals surface area contributed by atoms with Crippen molar-refractivity contribution < 1.29 is 0 Å². The maximum Gasteiger partial charge on any atom is 0.143 e. The van der Waals surface area contributed by atoms with Gasteiger partial charge in [-0.1, -0.05) is 31.3 Å². The van der Waals surface area contributed by atoms with Crippen LogP contribution in [0.25, 0.3) is 5.57 Å². The number of rotatable bonds is 3. The van der Waals surface area contributed by atoms with Gasteiger partial charge in [0.2, 0.25) is 0 Å². The van der Waals surface area contributed by atoms with Crippen molar-refractivity contribution in [1.82, 2.24) is 15.1 Å². The van der Waals surface area contributed by atoms with E-state index in [1.165, 1.54) is 5.57 Å². The molecule has 0 radical (unpaired) electrons. The number of aromatic nitrogens is 2. The summed E-state index contributed by atoms with van der Waals surface area (Å²) >= 11 is 1.75. The molecular formula is C13H21N3S. The second-order valence-electron chi connectivity index (χ2n) is 5.17. The Labute approximate surface area is 108 Å². The molecule has 0 saturated carbocycles. The van der Waals surface area contributed by atoms with E-state index in [-0.39, 0.29) is 0 Å². The second-order valence-corrected chi connectivity index (χ2v) is 6.18. The summed E-state index contributed by atoms with van der Waals surface area (Å²) in [6, 6.07) is 0.633. The van der Waals surface area contributed by atoms with Gasteiger partial charge in [-0.15, -0.1) is 10.2 Å². The summed E-state index contributed by atoms with van der Waals surface area (Å²) in [6.07, 6.45) is 3.42. The average molecular weight is 251 g/mol. The molecule has 1 aromatic heterocycles. The quantitative estimate of drug-likeness (QED) is 0.826. The minimum atomic E-state index is 0.484. The van der Waals surface area contributed by atoms with Gasteiger partial charge in [-0.3, -0.25) is 4.90 Å². The highest BCUT2D eigenvalue weighted by molar-refractivity contribution is 7.12. The molecule has 0 atom stereocenters. The fourth-order valence-electron chi connectivity index (χ4n) is 1.95. The molecule has 0 N–H and O–H groups in total. The molecule has 0 saturated heterocycles. The van der Waals surface area contributed by atoms with Gasteiger partial charge < -0.3 is 0 Å². The topological polar surface area (TPSA) is 29.0 Å². The third-order valence-electron chi connectivity index (χ3n) is 3.18. The van der Waals surface area contributed by atoms with Crippen LogP contribution in [0, 0.1) is 0 Å². The maximum absolute atomic E-state index is 4.31. The number of nitrogens with zero attached hydrogens (tertiary/aromatic N) is 3. The van der Waals surface area contributed by atoms with Crippen molar-refractivity contribution in [2.75, 3.05) is 13.1 Å². The summed E-state index contributed by atoms with van der Waals surface area (Å²) in [4.78, 5) is 2.48. The van der Waals surface area contributed by atoms with Crippen molar-refractivity contribution in [3.05, 3.63) is 16.1 Å². The number of hydrogen-bond donors (Lipinski definition) is 0. The minimum absolute atomic E-state index is 0.484. The van der Waals surface area contributed by atoms with Crippen LogP contribution in [-0.4, -0.2) is 34.2 Å². The van der Waals surface area contributed by atoms with Crippen LogP contribution >= 0.6 is 11.3 Å². The van der Waals surface area contributed by atoms with E-state index in [0.29, 0.717) is 12.0 Å². The van der Waals surface area contributed by atoms with Crippen LogP contribution in [0.15, 0.2) is 6.08 Å². The lowest BCUT2D eigenvalue weighted by atomic mass is 10.1. The van der Waals surface area contributed by atoms with Crippen LogP contribution in [0.4, 0.5) is 0 Å². The van der Waals surface area contributed by atoms with Crippen molar-refractivity contribution in [2.45, 2.75) is 46.1 Å². The Balaban J connectivity index is 2.08. The molecule has 0 bridgehead atoms. The lowest BCUT2D eigenvalue weighted by molar-refractivity contribution is 0.245. The third kappa shape index (κ3) is 2.93. The molecule has 1 aliphatic rings. The monoisotopic (exact) mass is 251 g/mol. The van der Waals surface area contributed by atoms with Gasteiger partial charge in [-0.25, -0.2) is 0 Å². The summed E-state index contributed by atoms with van der Waals surface area (Å²) in [5.41, 5.74) is 1.38. The van der Waals surface area contributed by atoms with Gasteiger partial charge in [0.05, 0.1) is 0 Å². The van der Waals surface area contributed by atoms with Gasteiger partial charge in [0.1, 0.15) is 10.0 Å². The number of hydrogen-bond acceptors (Lipinski definition) is 4. The molecule has 0 aromatic carbocycles. The van der Waals surface area contributed by atoms with Crippen molar-refractivity contribution in [2.24, 2.45) is 0 Å². The van der Waals surface area contributed by atoms with Gasteiger partial charge in [0.25, 0.3) is 0 Å². The van der Waals surface area contributed by atoms with Crippen LogP contribution in [0.5, 0.6) is 0 Å². The molecule has 2 rings (SSSR count). The molecule has 0 unspecified atom stereocenters. The lowest BCUT2D eigenvalue weighted by Crippen LogP contribution is -2.34. The molecule has 4 heteroatoms. The van der Waals surface area contributed by atoms with Crippen LogP contribution in [0.1, 0.15) is 50.0 Å². The van der Waals surface area contributed by atoms with Crippen molar-refractivity contribution in [3.8, 4) is 0 Å². The van der Waals surface area contributed by atoms with Crippen LogP contribution < -0.4 is 0 Å². The van der Waals surface area contributed by atoms with E-state index in [9.17, 15) is 0 Å². The SMILES string of the molecule is CC(C)c1nnc(C2=CCN(C(C)C)CC2)s1. The highest BCUT2D eigenvalue weighted by atomic mass is 32.1. The summed E-state index contributed by atoms with van der Waals surface area (Å²) in [5, 5.41) is 10.8. The molecular weight excluding hydrogens is 230 g/mol. The van der Waals surface area contributed by atoms with Crippen LogP contribution in [0.2, 0.25) is 0 Å². The van der Waals surface area contributed by atoms with Crippen LogP contribution in [-0.2, 0) is 0 Å². The van der Waals surface area contributed by atoms with Gasteiger partial charge >= 0.3 is 0 Å². The van der Waals surface area contributed by atoms with E-state index in [2.05, 4.69) is 48.9 Å². The Hall–Kier alpha value is -0.740. The van der Waals surface area contributed by atoms with Crippen LogP contribution in [0.3, 0.4) is 0 Å². The summed E-state index contributed by atoms with van der Waals surface area (Å²) in [6.45, 7) is 11.0. The predicted octanol–water partition coefficient (Wildman–Crippen LogP) is 3.16. The predicted molar refractivity (Wildman–Crippen MR) is 73.3 cm³/mol. The zero-order valence-electron chi connectivity index (χ0n) is 11.1. The van der Waals surface area contributed by atoms with E-state index in [1.807, 2.05) is 0 Å². The first-order valence-electron chi connectivity index (χ1n) is 6.34. The Morgan fingerprint density at radius 1 is 1.24 bits per heavy atom. The van der Waals surface area contributed by atoms with E-state index in [0.717, 1.165) is 29.5 Å². The Morgan fingerprint density at radius 3 is 2.47 bits per heavy atom. The fraction of sp³-hybridized carbons (Fsp3) is 0.692. The summed E-state index contributed by atoms with van der Waals surface area (Å²) < 4.78 is 0. The fourth-order valence-corrected chi connectivity index (χ4v) is 2.86. The minimum Gasteiger partial charge on any atom is -0.297 e. The summed E-state index contributed by atoms with van der Waals surface area (Å²) in [7, 11) is 0. The van der Waals surface area contributed by atoms with Gasteiger partial charge in [-0.2, -0.15) is 0 Å². The highest BCUT2D eigenvalue weighted by Gasteiger charge is 2.18. The van der Waals surface area contributed by atoms with Crippen molar-refractivity contribution in [3.63, 3.8) is 0 Å². The van der Waals surface area contributed by atoms with Crippen molar-refractivity contribution in [1.29, 1.82) is 0 Å². The lowest BCUT2D eigenvalue weighted by Gasteiger charge is -2.28. The zero-order chi connectivity index (χ0) is 12.4. The highest BCUT2D eigenvalue weighted by Crippen LogP contribution is 2.28. The average Bonchev–Trinajstić information content (AvgIpc) is 2.78. The Bertz CT molecular complexity index is 407. The Kier molecular flexibility index (Phi) is 3.94. The van der Waals surface area contributed by atoms with E-state index >= 15 is 0 Å². The molecule has 1 aromatic rings. The van der Waals surface area contributed by atoms with E-state index < -0.39 is 0 Å². The van der Waals surface area contributed by atoms with E-state index in [4.69, 9.17) is 0 Å². The molecule has 3 nitrogen and oxygen atoms in total.